The first kappa shape index (κ1) is 10.7. The molecule has 0 unspecified atom stereocenters. The molecule has 16 heavy (non-hydrogen) atoms. The van der Waals surface area contributed by atoms with Gasteiger partial charge in [0, 0.05) is 25.0 Å². The molecule has 0 aliphatic carbocycles. The van der Waals surface area contributed by atoms with E-state index in [2.05, 4.69) is 10.2 Å². The van der Waals surface area contributed by atoms with E-state index in [9.17, 15) is 4.79 Å². The molecule has 6 nitrogen and oxygen atoms in total. The number of carboxylic acid groups (broad SMARTS) is 1. The highest BCUT2D eigenvalue weighted by atomic mass is 35.5. The molecule has 0 spiro atoms. The Hall–Kier alpha value is -1.82. The summed E-state index contributed by atoms with van der Waals surface area (Å²) in [4.78, 5) is 10.5. The van der Waals surface area contributed by atoms with Crippen LogP contribution in [0.4, 0.5) is 0 Å². The second-order valence-corrected chi connectivity index (χ2v) is 3.73. The van der Waals surface area contributed by atoms with Crippen LogP contribution in [0.1, 0.15) is 0 Å². The Morgan fingerprint density at radius 3 is 2.88 bits per heavy atom. The van der Waals surface area contributed by atoms with E-state index in [0.29, 0.717) is 10.7 Å². The number of hydrogen-bond acceptors (Lipinski definition) is 3. The SMILES string of the molecule is Cn1cc(-c2nn(CC(=O)O)cc2Cl)cn1. The lowest BCUT2D eigenvalue weighted by molar-refractivity contribution is -0.137. The van der Waals surface area contributed by atoms with Crippen molar-refractivity contribution < 1.29 is 9.90 Å². The molecule has 0 fully saturated rings. The van der Waals surface area contributed by atoms with Crippen molar-refractivity contribution in [3.63, 3.8) is 0 Å². The summed E-state index contributed by atoms with van der Waals surface area (Å²) in [5, 5.41) is 17.1. The third-order valence-electron chi connectivity index (χ3n) is 1.99. The number of aryl methyl sites for hydroxylation is 1. The van der Waals surface area contributed by atoms with E-state index in [1.54, 1.807) is 24.1 Å². The highest BCUT2D eigenvalue weighted by Crippen LogP contribution is 2.25. The Labute approximate surface area is 96.1 Å². The van der Waals surface area contributed by atoms with Gasteiger partial charge in [0.05, 0.1) is 11.2 Å². The third kappa shape index (κ3) is 2.06. The number of rotatable bonds is 3. The van der Waals surface area contributed by atoms with Crippen molar-refractivity contribution in [3.05, 3.63) is 23.6 Å². The van der Waals surface area contributed by atoms with Crippen LogP contribution in [0.2, 0.25) is 5.02 Å². The predicted molar refractivity (Wildman–Crippen MR) is 57.1 cm³/mol. The Kier molecular flexibility index (Phi) is 2.66. The molecular formula is C9H9ClN4O2. The maximum atomic E-state index is 10.5. The smallest absolute Gasteiger partial charge is 0.325 e. The summed E-state index contributed by atoms with van der Waals surface area (Å²) >= 11 is 5.96. The van der Waals surface area contributed by atoms with Crippen molar-refractivity contribution in [1.82, 2.24) is 19.6 Å². The fourth-order valence-corrected chi connectivity index (χ4v) is 1.62. The average Bonchev–Trinajstić information content (AvgIpc) is 2.72. The summed E-state index contributed by atoms with van der Waals surface area (Å²) < 4.78 is 2.91. The van der Waals surface area contributed by atoms with Gasteiger partial charge in [-0.2, -0.15) is 10.2 Å². The van der Waals surface area contributed by atoms with Gasteiger partial charge in [-0.25, -0.2) is 0 Å². The van der Waals surface area contributed by atoms with Crippen LogP contribution in [0.3, 0.4) is 0 Å². The van der Waals surface area contributed by atoms with Gasteiger partial charge in [-0.15, -0.1) is 0 Å². The minimum absolute atomic E-state index is 0.208. The maximum Gasteiger partial charge on any atom is 0.325 e. The highest BCUT2D eigenvalue weighted by molar-refractivity contribution is 6.32. The van der Waals surface area contributed by atoms with Crippen LogP contribution < -0.4 is 0 Å². The lowest BCUT2D eigenvalue weighted by atomic mass is 10.3. The van der Waals surface area contributed by atoms with E-state index >= 15 is 0 Å². The number of halogens is 1. The van der Waals surface area contributed by atoms with Crippen LogP contribution >= 0.6 is 11.6 Å². The fourth-order valence-electron chi connectivity index (χ4n) is 1.36. The van der Waals surface area contributed by atoms with Crippen molar-refractivity contribution in [3.8, 4) is 11.3 Å². The van der Waals surface area contributed by atoms with E-state index in [4.69, 9.17) is 16.7 Å². The predicted octanol–water partition coefficient (Wildman–Crippen LogP) is 1.02. The van der Waals surface area contributed by atoms with Gasteiger partial charge in [0.25, 0.3) is 0 Å². The van der Waals surface area contributed by atoms with Gasteiger partial charge in [0.1, 0.15) is 12.2 Å². The summed E-state index contributed by atoms with van der Waals surface area (Å²) in [6.45, 7) is -0.208. The number of nitrogens with zero attached hydrogens (tertiary/aromatic N) is 4. The van der Waals surface area contributed by atoms with Crippen molar-refractivity contribution in [2.45, 2.75) is 6.54 Å². The first-order valence-corrected chi connectivity index (χ1v) is 4.88. The zero-order valence-electron chi connectivity index (χ0n) is 8.46. The number of aromatic nitrogens is 4. The molecule has 0 saturated carbocycles. The van der Waals surface area contributed by atoms with E-state index in [-0.39, 0.29) is 6.54 Å². The Balaban J connectivity index is 2.35. The molecule has 0 aliphatic heterocycles. The molecule has 1 N–H and O–H groups in total. The largest absolute Gasteiger partial charge is 0.480 e. The first-order valence-electron chi connectivity index (χ1n) is 4.50. The summed E-state index contributed by atoms with van der Waals surface area (Å²) in [5.74, 6) is -0.961. The highest BCUT2D eigenvalue weighted by Gasteiger charge is 2.12. The number of aliphatic carboxylic acids is 1. The second-order valence-electron chi connectivity index (χ2n) is 3.32. The molecule has 0 atom stereocenters. The molecule has 2 aromatic rings. The lowest BCUT2D eigenvalue weighted by Gasteiger charge is -1.93. The molecule has 84 valence electrons. The van der Waals surface area contributed by atoms with Crippen molar-refractivity contribution in [2.24, 2.45) is 7.05 Å². The van der Waals surface area contributed by atoms with Crippen LogP contribution in [-0.2, 0) is 18.4 Å². The number of carboxylic acids is 1. The van der Waals surface area contributed by atoms with Crippen molar-refractivity contribution in [1.29, 1.82) is 0 Å². The molecule has 0 aromatic carbocycles. The molecular weight excluding hydrogens is 232 g/mol. The zero-order chi connectivity index (χ0) is 11.7. The Bertz CT molecular complexity index is 531. The van der Waals surface area contributed by atoms with Gasteiger partial charge in [-0.3, -0.25) is 14.2 Å². The lowest BCUT2D eigenvalue weighted by Crippen LogP contribution is -2.08. The third-order valence-corrected chi connectivity index (χ3v) is 2.27. The Morgan fingerprint density at radius 2 is 2.31 bits per heavy atom. The molecule has 2 rings (SSSR count). The van der Waals surface area contributed by atoms with Crippen molar-refractivity contribution in [2.75, 3.05) is 0 Å². The molecule has 0 aliphatic rings. The average molecular weight is 241 g/mol. The van der Waals surface area contributed by atoms with Gasteiger partial charge < -0.3 is 5.11 Å². The van der Waals surface area contributed by atoms with E-state index < -0.39 is 5.97 Å². The summed E-state index contributed by atoms with van der Waals surface area (Å²) in [6.07, 6.45) is 4.87. The van der Waals surface area contributed by atoms with Gasteiger partial charge in [-0.05, 0) is 0 Å². The van der Waals surface area contributed by atoms with Crippen LogP contribution in [0, 0.1) is 0 Å². The van der Waals surface area contributed by atoms with Gasteiger partial charge in [0.2, 0.25) is 0 Å². The number of carbonyl (C=O) groups is 1. The number of hydrogen-bond donors (Lipinski definition) is 1. The van der Waals surface area contributed by atoms with E-state index in [1.165, 1.54) is 10.9 Å². The van der Waals surface area contributed by atoms with E-state index in [0.717, 1.165) is 5.56 Å². The van der Waals surface area contributed by atoms with Crippen LogP contribution in [0.5, 0.6) is 0 Å². The summed E-state index contributed by atoms with van der Waals surface area (Å²) in [5.41, 5.74) is 1.30. The molecule has 0 amide bonds. The molecule has 2 aromatic heterocycles. The van der Waals surface area contributed by atoms with Crippen LogP contribution in [0.15, 0.2) is 18.6 Å². The first-order chi connectivity index (χ1) is 7.56. The Morgan fingerprint density at radius 1 is 1.56 bits per heavy atom. The maximum absolute atomic E-state index is 10.5. The van der Waals surface area contributed by atoms with Gasteiger partial charge >= 0.3 is 5.97 Å². The second kappa shape index (κ2) is 3.97. The van der Waals surface area contributed by atoms with E-state index in [1.807, 2.05) is 0 Å². The van der Waals surface area contributed by atoms with Crippen LogP contribution in [-0.4, -0.2) is 30.6 Å². The molecule has 0 saturated heterocycles. The van der Waals surface area contributed by atoms with Crippen molar-refractivity contribution >= 4 is 17.6 Å². The zero-order valence-corrected chi connectivity index (χ0v) is 9.22. The molecule has 2 heterocycles. The molecule has 0 radical (unpaired) electrons. The summed E-state index contributed by atoms with van der Waals surface area (Å²) in [7, 11) is 1.78. The normalized spacial score (nSPS) is 10.6. The quantitative estimate of drug-likeness (QED) is 0.870. The standard InChI is InChI=1S/C9H9ClN4O2/c1-13-3-6(2-11-13)9-7(10)4-14(12-9)5-8(15)16/h2-4H,5H2,1H3,(H,15,16). The van der Waals surface area contributed by atoms with Gasteiger partial charge in [-0.1, -0.05) is 11.6 Å². The monoisotopic (exact) mass is 240 g/mol. The van der Waals surface area contributed by atoms with Crippen LogP contribution in [0.25, 0.3) is 11.3 Å². The summed E-state index contributed by atoms with van der Waals surface area (Å²) in [6, 6.07) is 0. The fraction of sp³-hybridized carbons (Fsp3) is 0.222. The minimum atomic E-state index is -0.961. The molecule has 0 bridgehead atoms. The molecule has 7 heteroatoms. The topological polar surface area (TPSA) is 72.9 Å². The minimum Gasteiger partial charge on any atom is -0.480 e. The van der Waals surface area contributed by atoms with Gasteiger partial charge in [0.15, 0.2) is 0 Å².